The number of aromatic nitrogens is 2. The molecule has 4 heterocycles. The molecule has 2 N–H and O–H groups in total. The molecule has 2 aliphatic rings. The van der Waals surface area contributed by atoms with Gasteiger partial charge in [0, 0.05) is 41.8 Å². The number of nitrogens with one attached hydrogen (secondary N) is 2. The lowest BCUT2D eigenvalue weighted by molar-refractivity contribution is 0.255. The van der Waals surface area contributed by atoms with E-state index < -0.39 is 0 Å². The van der Waals surface area contributed by atoms with Gasteiger partial charge in [-0.15, -0.1) is 11.3 Å². The molecule has 0 saturated carbocycles. The predicted octanol–water partition coefficient (Wildman–Crippen LogP) is 5.66. The molecule has 1 fully saturated rings. The van der Waals surface area contributed by atoms with Crippen molar-refractivity contribution in [3.05, 3.63) is 47.0 Å². The van der Waals surface area contributed by atoms with Crippen LogP contribution in [-0.2, 0) is 0 Å². The number of thiazole rings is 1. The first-order valence-corrected chi connectivity index (χ1v) is 12.5. The number of aryl methyl sites for hydroxylation is 2. The van der Waals surface area contributed by atoms with Crippen molar-refractivity contribution in [1.29, 1.82) is 0 Å². The van der Waals surface area contributed by atoms with Crippen LogP contribution in [0, 0.1) is 13.8 Å². The number of nitrogens with zero attached hydrogens (tertiary/aromatic N) is 4. The molecular formula is C25H30N6OS. The van der Waals surface area contributed by atoms with E-state index in [9.17, 15) is 4.79 Å². The molecule has 7 nitrogen and oxygen atoms in total. The van der Waals surface area contributed by atoms with Crippen LogP contribution in [0.4, 0.5) is 27.1 Å². The van der Waals surface area contributed by atoms with Crippen LogP contribution in [0.5, 0.6) is 0 Å². The van der Waals surface area contributed by atoms with Crippen molar-refractivity contribution in [1.82, 2.24) is 9.97 Å². The largest absolute Gasteiger partial charge is 0.382 e. The maximum absolute atomic E-state index is 13.4. The van der Waals surface area contributed by atoms with Gasteiger partial charge in [0.2, 0.25) is 0 Å². The zero-order chi connectivity index (χ0) is 22.9. The van der Waals surface area contributed by atoms with Crippen LogP contribution in [0.15, 0.2) is 36.4 Å². The number of anilines is 4. The average molecular weight is 463 g/mol. The predicted molar refractivity (Wildman–Crippen MR) is 137 cm³/mol. The van der Waals surface area contributed by atoms with E-state index in [0.29, 0.717) is 10.9 Å². The van der Waals surface area contributed by atoms with Crippen LogP contribution >= 0.6 is 11.3 Å². The van der Waals surface area contributed by atoms with Crippen LogP contribution in [0.1, 0.15) is 36.8 Å². The van der Waals surface area contributed by atoms with Gasteiger partial charge in [-0.2, -0.15) is 0 Å². The SMILES string of the molecule is Cc1nc(NC(=O)N2c3nc(-c4cccc(N5CCCC5)c4)ccc3NCC[C@H]2C)sc1C. The summed E-state index contributed by atoms with van der Waals surface area (Å²) in [5.74, 6) is 0.659. The van der Waals surface area contributed by atoms with Gasteiger partial charge < -0.3 is 10.2 Å². The number of pyridine rings is 1. The molecule has 2 aliphatic heterocycles. The molecule has 1 aromatic carbocycles. The first kappa shape index (κ1) is 21.7. The number of carbonyl (C=O) groups is 1. The second kappa shape index (κ2) is 9.02. The summed E-state index contributed by atoms with van der Waals surface area (Å²) in [5.41, 5.74) is 4.98. The third-order valence-corrected chi connectivity index (χ3v) is 7.48. The third kappa shape index (κ3) is 4.39. The Morgan fingerprint density at radius 2 is 1.97 bits per heavy atom. The van der Waals surface area contributed by atoms with Crippen molar-refractivity contribution in [2.24, 2.45) is 0 Å². The van der Waals surface area contributed by atoms with Gasteiger partial charge in [0.05, 0.1) is 17.1 Å². The van der Waals surface area contributed by atoms with E-state index in [2.05, 4.69) is 51.7 Å². The van der Waals surface area contributed by atoms with Crippen molar-refractivity contribution < 1.29 is 4.79 Å². The summed E-state index contributed by atoms with van der Waals surface area (Å²) in [6.45, 7) is 9.04. The molecule has 0 bridgehead atoms. The van der Waals surface area contributed by atoms with E-state index in [1.165, 1.54) is 29.9 Å². The minimum Gasteiger partial charge on any atom is -0.382 e. The Morgan fingerprint density at radius 3 is 2.73 bits per heavy atom. The van der Waals surface area contributed by atoms with Gasteiger partial charge in [-0.25, -0.2) is 14.8 Å². The van der Waals surface area contributed by atoms with E-state index in [0.717, 1.165) is 53.6 Å². The third-order valence-electron chi connectivity index (χ3n) is 6.50. The van der Waals surface area contributed by atoms with Crippen LogP contribution < -0.4 is 20.4 Å². The van der Waals surface area contributed by atoms with Gasteiger partial charge in [-0.1, -0.05) is 12.1 Å². The highest BCUT2D eigenvalue weighted by atomic mass is 32.1. The van der Waals surface area contributed by atoms with E-state index in [-0.39, 0.29) is 12.1 Å². The summed E-state index contributed by atoms with van der Waals surface area (Å²) >= 11 is 1.50. The van der Waals surface area contributed by atoms with Crippen LogP contribution in [0.2, 0.25) is 0 Å². The molecule has 3 aromatic rings. The van der Waals surface area contributed by atoms with E-state index in [1.54, 1.807) is 4.90 Å². The Hall–Kier alpha value is -3.13. The maximum atomic E-state index is 13.4. The number of hydrogen-bond acceptors (Lipinski definition) is 6. The molecule has 33 heavy (non-hydrogen) atoms. The highest BCUT2D eigenvalue weighted by Gasteiger charge is 2.29. The highest BCUT2D eigenvalue weighted by molar-refractivity contribution is 7.15. The molecule has 0 aliphatic carbocycles. The summed E-state index contributed by atoms with van der Waals surface area (Å²) in [6, 6.07) is 12.4. The van der Waals surface area contributed by atoms with Gasteiger partial charge in [-0.3, -0.25) is 10.2 Å². The number of fused-ring (bicyclic) bond motifs is 1. The average Bonchev–Trinajstić information content (AvgIpc) is 3.41. The summed E-state index contributed by atoms with van der Waals surface area (Å²) in [7, 11) is 0. The van der Waals surface area contributed by atoms with E-state index >= 15 is 0 Å². The summed E-state index contributed by atoms with van der Waals surface area (Å²) in [5, 5.41) is 7.07. The lowest BCUT2D eigenvalue weighted by Crippen LogP contribution is -2.42. The van der Waals surface area contributed by atoms with Crippen LogP contribution in [0.25, 0.3) is 11.3 Å². The zero-order valence-electron chi connectivity index (χ0n) is 19.4. The lowest BCUT2D eigenvalue weighted by Gasteiger charge is -2.27. The Balaban J connectivity index is 1.49. The van der Waals surface area contributed by atoms with E-state index in [1.807, 2.05) is 26.0 Å². The van der Waals surface area contributed by atoms with Crippen molar-refractivity contribution in [3.8, 4) is 11.3 Å². The number of urea groups is 1. The number of amides is 2. The second-order valence-corrected chi connectivity index (χ2v) is 10.0. The fraction of sp³-hybridized carbons (Fsp3) is 0.400. The van der Waals surface area contributed by atoms with Gasteiger partial charge >= 0.3 is 6.03 Å². The first-order chi connectivity index (χ1) is 16.0. The number of carbonyl (C=O) groups excluding carboxylic acids is 1. The molecule has 5 rings (SSSR count). The Kier molecular flexibility index (Phi) is 5.93. The van der Waals surface area contributed by atoms with Gasteiger partial charge in [0.1, 0.15) is 0 Å². The normalized spacial score (nSPS) is 18.0. The summed E-state index contributed by atoms with van der Waals surface area (Å²) in [4.78, 5) is 28.2. The van der Waals surface area contributed by atoms with Crippen LogP contribution in [0.3, 0.4) is 0 Å². The van der Waals surface area contributed by atoms with Crippen LogP contribution in [-0.4, -0.2) is 41.7 Å². The number of benzene rings is 1. The molecule has 2 aromatic heterocycles. The quantitative estimate of drug-likeness (QED) is 0.525. The minimum atomic E-state index is -0.198. The monoisotopic (exact) mass is 462 g/mol. The molecule has 0 unspecified atom stereocenters. The second-order valence-electron chi connectivity index (χ2n) is 8.84. The topological polar surface area (TPSA) is 73.4 Å². The zero-order valence-corrected chi connectivity index (χ0v) is 20.2. The molecule has 2 amide bonds. The molecular weight excluding hydrogens is 432 g/mol. The maximum Gasteiger partial charge on any atom is 0.329 e. The highest BCUT2D eigenvalue weighted by Crippen LogP contribution is 2.34. The van der Waals surface area contributed by atoms with Crippen molar-refractivity contribution in [2.45, 2.75) is 46.1 Å². The number of rotatable bonds is 3. The minimum absolute atomic E-state index is 0.000379. The Morgan fingerprint density at radius 1 is 1.15 bits per heavy atom. The molecule has 1 atom stereocenters. The fourth-order valence-corrected chi connectivity index (χ4v) is 5.30. The summed E-state index contributed by atoms with van der Waals surface area (Å²) in [6.07, 6.45) is 3.32. The standard InChI is InChI=1S/C25H30N6OS/c1-16-11-12-26-22-10-9-21(19-7-6-8-20(15-19)30-13-4-5-14-30)28-23(22)31(16)25(32)29-24-27-17(2)18(3)33-24/h6-10,15-16,26H,4-5,11-14H2,1-3H3,(H,27,29,32)/t16-/m1/s1. The molecule has 172 valence electrons. The van der Waals surface area contributed by atoms with Gasteiger partial charge in [0.15, 0.2) is 10.9 Å². The molecule has 8 heteroatoms. The molecule has 0 radical (unpaired) electrons. The van der Waals surface area contributed by atoms with Crippen molar-refractivity contribution in [2.75, 3.05) is 40.1 Å². The van der Waals surface area contributed by atoms with Crippen molar-refractivity contribution >= 4 is 39.7 Å². The Bertz CT molecular complexity index is 1150. The van der Waals surface area contributed by atoms with Crippen molar-refractivity contribution in [3.63, 3.8) is 0 Å². The lowest BCUT2D eigenvalue weighted by atomic mass is 10.1. The fourth-order valence-electron chi connectivity index (χ4n) is 4.50. The van der Waals surface area contributed by atoms with E-state index in [4.69, 9.17) is 4.98 Å². The Labute approximate surface area is 198 Å². The smallest absolute Gasteiger partial charge is 0.329 e. The summed E-state index contributed by atoms with van der Waals surface area (Å²) < 4.78 is 0. The van der Waals surface area contributed by atoms with Gasteiger partial charge in [-0.05, 0) is 64.3 Å². The van der Waals surface area contributed by atoms with Gasteiger partial charge in [0.25, 0.3) is 0 Å². The first-order valence-electron chi connectivity index (χ1n) is 11.6. The molecule has 1 saturated heterocycles. The molecule has 0 spiro atoms. The number of hydrogen-bond donors (Lipinski definition) is 2.